The summed E-state index contributed by atoms with van der Waals surface area (Å²) < 4.78 is 1.69. The van der Waals surface area contributed by atoms with Crippen molar-refractivity contribution in [2.45, 2.75) is 32.7 Å². The van der Waals surface area contributed by atoms with Crippen LogP contribution in [-0.2, 0) is 9.59 Å². The smallest absolute Gasteiger partial charge is 0.292 e. The van der Waals surface area contributed by atoms with E-state index in [1.165, 1.54) is 0 Å². The molecule has 1 fully saturated rings. The van der Waals surface area contributed by atoms with Gasteiger partial charge in [-0.05, 0) is 51.0 Å². The predicted octanol–water partition coefficient (Wildman–Crippen LogP) is 2.89. The normalized spacial score (nSPS) is 14.5. The van der Waals surface area contributed by atoms with Crippen LogP contribution in [0.5, 0.6) is 0 Å². The fourth-order valence-corrected chi connectivity index (χ4v) is 4.32. The number of aromatic nitrogens is 2. The molecular formula is C26H29N5O3. The van der Waals surface area contributed by atoms with Crippen LogP contribution in [0.2, 0.25) is 0 Å². The molecule has 4 rings (SSSR count). The molecule has 176 valence electrons. The van der Waals surface area contributed by atoms with Crippen LogP contribution in [0.1, 0.15) is 34.6 Å². The van der Waals surface area contributed by atoms with E-state index in [0.717, 1.165) is 11.4 Å². The lowest BCUT2D eigenvalue weighted by atomic mass is 10.0. The molecule has 8 heteroatoms. The fraction of sp³-hybridized carbons (Fsp3) is 0.308. The molecule has 2 aromatic carbocycles. The van der Waals surface area contributed by atoms with Crippen molar-refractivity contribution in [3.05, 3.63) is 77.6 Å². The Morgan fingerprint density at radius 2 is 1.56 bits per heavy atom. The number of anilines is 1. The summed E-state index contributed by atoms with van der Waals surface area (Å²) in [5, 5.41) is 10.2. The van der Waals surface area contributed by atoms with Gasteiger partial charge in [-0.3, -0.25) is 19.3 Å². The average Bonchev–Trinajstić information content (AvgIpc) is 3.14. The quantitative estimate of drug-likeness (QED) is 0.418. The summed E-state index contributed by atoms with van der Waals surface area (Å²) in [6.45, 7) is 5.18. The van der Waals surface area contributed by atoms with Gasteiger partial charge in [-0.15, -0.1) is 0 Å². The molecule has 2 N–H and O–H groups in total. The zero-order chi connectivity index (χ0) is 24.1. The van der Waals surface area contributed by atoms with Crippen molar-refractivity contribution >= 4 is 23.3 Å². The predicted molar refractivity (Wildman–Crippen MR) is 130 cm³/mol. The second kappa shape index (κ2) is 10.4. The van der Waals surface area contributed by atoms with Crippen LogP contribution < -0.4 is 10.6 Å². The van der Waals surface area contributed by atoms with Gasteiger partial charge in [0.2, 0.25) is 5.91 Å². The Kier molecular flexibility index (Phi) is 7.18. The maximum absolute atomic E-state index is 13.0. The van der Waals surface area contributed by atoms with Gasteiger partial charge < -0.3 is 10.6 Å². The van der Waals surface area contributed by atoms with Crippen LogP contribution in [0.15, 0.2) is 60.7 Å². The summed E-state index contributed by atoms with van der Waals surface area (Å²) in [7, 11) is 0. The number of hydrogen-bond donors (Lipinski definition) is 2. The summed E-state index contributed by atoms with van der Waals surface area (Å²) >= 11 is 0. The highest BCUT2D eigenvalue weighted by atomic mass is 16.2. The fourth-order valence-electron chi connectivity index (χ4n) is 4.32. The van der Waals surface area contributed by atoms with E-state index in [2.05, 4.69) is 20.6 Å². The highest BCUT2D eigenvalue weighted by Crippen LogP contribution is 2.19. The van der Waals surface area contributed by atoms with E-state index in [0.29, 0.717) is 49.4 Å². The number of Topliss-reactive ketones (excluding diaryl/α,β-unsaturated/α-hetero) is 1. The number of likely N-dealkylation sites (tertiary alicyclic amines) is 1. The molecule has 0 atom stereocenters. The summed E-state index contributed by atoms with van der Waals surface area (Å²) in [5.41, 5.74) is 3.13. The Hall–Kier alpha value is -3.78. The van der Waals surface area contributed by atoms with Gasteiger partial charge in [0.1, 0.15) is 0 Å². The number of nitrogens with one attached hydrogen (secondary N) is 2. The molecule has 34 heavy (non-hydrogen) atoms. The van der Waals surface area contributed by atoms with Crippen molar-refractivity contribution in [2.75, 3.05) is 25.0 Å². The van der Waals surface area contributed by atoms with Crippen LogP contribution >= 0.6 is 0 Å². The van der Waals surface area contributed by atoms with Crippen molar-refractivity contribution in [2.24, 2.45) is 0 Å². The van der Waals surface area contributed by atoms with Crippen molar-refractivity contribution in [3.63, 3.8) is 0 Å². The van der Waals surface area contributed by atoms with Crippen LogP contribution in [0.25, 0.3) is 5.69 Å². The summed E-state index contributed by atoms with van der Waals surface area (Å²) in [5.74, 6) is -1.24. The molecule has 0 spiro atoms. The molecule has 8 nitrogen and oxygen atoms in total. The number of ketones is 1. The topological polar surface area (TPSA) is 96.3 Å². The lowest BCUT2D eigenvalue weighted by Gasteiger charge is -2.31. The Morgan fingerprint density at radius 1 is 0.941 bits per heavy atom. The molecule has 0 saturated carbocycles. The Balaban J connectivity index is 1.30. The highest BCUT2D eigenvalue weighted by molar-refractivity contribution is 6.43. The third-order valence-corrected chi connectivity index (χ3v) is 6.07. The van der Waals surface area contributed by atoms with E-state index in [4.69, 9.17) is 0 Å². The van der Waals surface area contributed by atoms with Crippen molar-refractivity contribution in [3.8, 4) is 5.69 Å². The average molecular weight is 460 g/mol. The maximum Gasteiger partial charge on any atom is 0.292 e. The Labute approximate surface area is 199 Å². The minimum Gasteiger partial charge on any atom is -0.346 e. The van der Waals surface area contributed by atoms with Crippen LogP contribution in [0, 0.1) is 13.8 Å². The van der Waals surface area contributed by atoms with Gasteiger partial charge in [0.05, 0.1) is 29.2 Å². The maximum atomic E-state index is 13.0. The van der Waals surface area contributed by atoms with E-state index >= 15 is 0 Å². The van der Waals surface area contributed by atoms with E-state index in [-0.39, 0.29) is 11.9 Å². The molecule has 0 unspecified atom stereocenters. The van der Waals surface area contributed by atoms with Gasteiger partial charge in [0, 0.05) is 24.8 Å². The first-order chi connectivity index (χ1) is 16.4. The molecule has 2 heterocycles. The van der Waals surface area contributed by atoms with E-state index in [1.54, 1.807) is 18.5 Å². The molecule has 1 aliphatic heterocycles. The Morgan fingerprint density at radius 3 is 2.21 bits per heavy atom. The molecule has 1 aromatic heterocycles. The number of para-hydroxylation sites is 2. The van der Waals surface area contributed by atoms with Crippen LogP contribution in [0.4, 0.5) is 5.69 Å². The second-order valence-electron chi connectivity index (χ2n) is 8.56. The number of piperidine rings is 1. The minimum atomic E-state index is -0.612. The third kappa shape index (κ3) is 5.40. The lowest BCUT2D eigenvalue weighted by molar-refractivity contribution is -0.119. The minimum absolute atomic E-state index is 0.0646. The molecule has 3 aromatic rings. The van der Waals surface area contributed by atoms with Gasteiger partial charge in [0.25, 0.3) is 11.7 Å². The molecule has 0 bridgehead atoms. The number of rotatable bonds is 7. The number of carbonyl (C=O) groups is 3. The first-order valence-electron chi connectivity index (χ1n) is 11.5. The number of carbonyl (C=O) groups excluding carboxylic acids is 3. The first-order valence-corrected chi connectivity index (χ1v) is 11.5. The van der Waals surface area contributed by atoms with E-state index < -0.39 is 11.7 Å². The van der Waals surface area contributed by atoms with Gasteiger partial charge in [-0.25, -0.2) is 4.68 Å². The standard InChI is InChI=1S/C26H29N5O3/c1-18-24(19(2)31(29-18)22-11-7-4-8-12-22)25(33)26(34)28-21-13-15-30(16-14-21)17-23(32)27-20-9-5-3-6-10-20/h3-12,21H,13-17H2,1-2H3,(H,27,32)(H,28,34). The summed E-state index contributed by atoms with van der Waals surface area (Å²) in [4.78, 5) is 40.0. The number of aryl methyl sites for hydroxylation is 1. The number of nitrogens with zero attached hydrogens (tertiary/aromatic N) is 3. The van der Waals surface area contributed by atoms with Gasteiger partial charge in [0.15, 0.2) is 0 Å². The zero-order valence-corrected chi connectivity index (χ0v) is 19.5. The summed E-state index contributed by atoms with van der Waals surface area (Å²) in [6, 6.07) is 18.8. The number of benzene rings is 2. The first kappa shape index (κ1) is 23.4. The van der Waals surface area contributed by atoms with Gasteiger partial charge in [-0.1, -0.05) is 36.4 Å². The molecule has 0 radical (unpaired) electrons. The van der Waals surface area contributed by atoms with Gasteiger partial charge >= 0.3 is 0 Å². The monoisotopic (exact) mass is 459 g/mol. The highest BCUT2D eigenvalue weighted by Gasteiger charge is 2.28. The van der Waals surface area contributed by atoms with Gasteiger partial charge in [-0.2, -0.15) is 5.10 Å². The SMILES string of the molecule is Cc1nn(-c2ccccc2)c(C)c1C(=O)C(=O)NC1CCN(CC(=O)Nc2ccccc2)CC1. The van der Waals surface area contributed by atoms with Crippen molar-refractivity contribution < 1.29 is 14.4 Å². The molecule has 1 aliphatic rings. The van der Waals surface area contributed by atoms with Crippen molar-refractivity contribution in [1.29, 1.82) is 0 Å². The molecular weight excluding hydrogens is 430 g/mol. The number of amides is 2. The summed E-state index contributed by atoms with van der Waals surface area (Å²) in [6.07, 6.45) is 1.36. The molecule has 0 aliphatic carbocycles. The largest absolute Gasteiger partial charge is 0.346 e. The van der Waals surface area contributed by atoms with E-state index in [1.807, 2.05) is 60.7 Å². The van der Waals surface area contributed by atoms with E-state index in [9.17, 15) is 14.4 Å². The van der Waals surface area contributed by atoms with Crippen molar-refractivity contribution in [1.82, 2.24) is 20.0 Å². The third-order valence-electron chi connectivity index (χ3n) is 6.07. The lowest BCUT2D eigenvalue weighted by Crippen LogP contribution is -2.48. The van der Waals surface area contributed by atoms with Crippen LogP contribution in [0.3, 0.4) is 0 Å². The molecule has 2 amide bonds. The zero-order valence-electron chi connectivity index (χ0n) is 19.5. The Bertz CT molecular complexity index is 1170. The molecule has 1 saturated heterocycles. The number of hydrogen-bond acceptors (Lipinski definition) is 5. The van der Waals surface area contributed by atoms with Crippen LogP contribution in [-0.4, -0.2) is 58.0 Å². The second-order valence-corrected chi connectivity index (χ2v) is 8.56.